The highest BCUT2D eigenvalue weighted by atomic mass is 16.3. The fourth-order valence-electron chi connectivity index (χ4n) is 12.6. The normalized spacial score (nSPS) is 12.1. The van der Waals surface area contributed by atoms with E-state index in [4.69, 9.17) is 8.83 Å². The zero-order valence-electron chi connectivity index (χ0n) is 40.1. The maximum absolute atomic E-state index is 6.29. The lowest BCUT2D eigenvalue weighted by molar-refractivity contribution is 0.668. The molecule has 0 aliphatic heterocycles. The van der Waals surface area contributed by atoms with Gasteiger partial charge < -0.3 is 8.83 Å². The molecule has 16 rings (SSSR count). The molecule has 0 spiro atoms. The molecule has 0 radical (unpaired) electrons. The summed E-state index contributed by atoms with van der Waals surface area (Å²) in [5, 5.41) is 19.2. The molecule has 0 atom stereocenters. The molecule has 2 nitrogen and oxygen atoms in total. The molecule has 0 unspecified atom stereocenters. The van der Waals surface area contributed by atoms with E-state index in [0.717, 1.165) is 43.9 Å². The smallest absolute Gasteiger partial charge is 0.135 e. The van der Waals surface area contributed by atoms with Crippen LogP contribution in [0, 0.1) is 0 Å². The summed E-state index contributed by atoms with van der Waals surface area (Å²) in [6.45, 7) is 0. The van der Waals surface area contributed by atoms with Crippen LogP contribution in [0.1, 0.15) is 0 Å². The van der Waals surface area contributed by atoms with Gasteiger partial charge >= 0.3 is 0 Å². The van der Waals surface area contributed by atoms with Gasteiger partial charge in [0.25, 0.3) is 0 Å². The van der Waals surface area contributed by atoms with Gasteiger partial charge in [0.1, 0.15) is 22.3 Å². The van der Waals surface area contributed by atoms with E-state index in [9.17, 15) is 0 Å². The predicted molar refractivity (Wildman–Crippen MR) is 313 cm³/mol. The first kappa shape index (κ1) is 40.9. The van der Waals surface area contributed by atoms with E-state index in [1.165, 1.54) is 120 Å². The topological polar surface area (TPSA) is 26.3 Å². The van der Waals surface area contributed by atoms with Crippen LogP contribution in [0.15, 0.2) is 264 Å². The van der Waals surface area contributed by atoms with Crippen molar-refractivity contribution in [2.45, 2.75) is 0 Å². The standard InChI is InChI=1S/C72H42O2/c1-5-23-55-51(19-1)69(47-35-37-67-63(41-47)49-17-9-11-29-65(49)73-67)52-20-2-6-24-56(52)71(55)59-27-13-15-43-31-33-45(39-61(43)59)46-34-32-44-16-14-28-60(62(44)40-46)72-57-25-7-3-21-53(57)70(54-22-4-8-26-58(54)72)48-36-38-68-64(42-48)50-18-10-12-30-66(50)74-68/h1-42H. The number of fused-ring (bicyclic) bond motifs is 12. The maximum Gasteiger partial charge on any atom is 0.135 e. The lowest BCUT2D eigenvalue weighted by atomic mass is 9.83. The van der Waals surface area contributed by atoms with Crippen LogP contribution in [0.3, 0.4) is 0 Å². The first-order chi connectivity index (χ1) is 36.7. The lowest BCUT2D eigenvalue weighted by Crippen LogP contribution is -1.92. The first-order valence-corrected chi connectivity index (χ1v) is 25.5. The second-order valence-electron chi connectivity index (χ2n) is 19.8. The van der Waals surface area contributed by atoms with Crippen LogP contribution in [0.25, 0.3) is 164 Å². The van der Waals surface area contributed by atoms with Crippen LogP contribution in [0.2, 0.25) is 0 Å². The van der Waals surface area contributed by atoms with Crippen molar-refractivity contribution in [2.24, 2.45) is 0 Å². The Labute approximate surface area is 425 Å². The van der Waals surface area contributed by atoms with Gasteiger partial charge in [-0.2, -0.15) is 0 Å². The Kier molecular flexibility index (Phi) is 8.78. The van der Waals surface area contributed by atoms with E-state index < -0.39 is 0 Å². The van der Waals surface area contributed by atoms with Gasteiger partial charge in [0.05, 0.1) is 0 Å². The number of para-hydroxylation sites is 2. The van der Waals surface area contributed by atoms with Crippen molar-refractivity contribution in [3.05, 3.63) is 255 Å². The molecular weight excluding hydrogens is 897 g/mol. The van der Waals surface area contributed by atoms with Gasteiger partial charge in [0.2, 0.25) is 0 Å². The Morgan fingerprint density at radius 1 is 0.176 bits per heavy atom. The van der Waals surface area contributed by atoms with Crippen LogP contribution in [-0.2, 0) is 0 Å². The Bertz CT molecular complexity index is 4600. The van der Waals surface area contributed by atoms with E-state index in [1.54, 1.807) is 0 Å². The highest BCUT2D eigenvalue weighted by Gasteiger charge is 2.22. The molecule has 0 saturated carbocycles. The van der Waals surface area contributed by atoms with Crippen molar-refractivity contribution in [1.29, 1.82) is 0 Å². The molecule has 14 aromatic carbocycles. The molecule has 342 valence electrons. The molecule has 2 heteroatoms. The van der Waals surface area contributed by atoms with Crippen LogP contribution < -0.4 is 0 Å². The Balaban J connectivity index is 0.875. The molecule has 0 aliphatic carbocycles. The van der Waals surface area contributed by atoms with Gasteiger partial charge in [-0.15, -0.1) is 0 Å². The summed E-state index contributed by atoms with van der Waals surface area (Å²) < 4.78 is 12.6. The third-order valence-corrected chi connectivity index (χ3v) is 15.8. The highest BCUT2D eigenvalue weighted by molar-refractivity contribution is 6.26. The summed E-state index contributed by atoms with van der Waals surface area (Å²) in [7, 11) is 0. The Morgan fingerprint density at radius 3 is 0.851 bits per heavy atom. The van der Waals surface area contributed by atoms with E-state index in [1.807, 2.05) is 12.1 Å². The third kappa shape index (κ3) is 6.06. The number of furan rings is 2. The molecule has 0 saturated heterocycles. The van der Waals surface area contributed by atoms with Gasteiger partial charge in [0, 0.05) is 21.5 Å². The number of benzene rings is 14. The quantitative estimate of drug-likeness (QED) is 0.161. The predicted octanol–water partition coefficient (Wildman–Crippen LogP) is 20.7. The van der Waals surface area contributed by atoms with Crippen molar-refractivity contribution in [2.75, 3.05) is 0 Å². The molecule has 0 fully saturated rings. The summed E-state index contributed by atoms with van der Waals surface area (Å²) in [5.41, 5.74) is 15.8. The summed E-state index contributed by atoms with van der Waals surface area (Å²) in [4.78, 5) is 0. The number of hydrogen-bond acceptors (Lipinski definition) is 2. The van der Waals surface area contributed by atoms with E-state index in [-0.39, 0.29) is 0 Å². The summed E-state index contributed by atoms with van der Waals surface area (Å²) in [5.74, 6) is 0. The van der Waals surface area contributed by atoms with E-state index in [0.29, 0.717) is 0 Å². The SMILES string of the molecule is c1cc(-c2c3ccccc3c(-c3ccc4oc5ccccc5c4c3)c3ccccc23)c2cc(-c3ccc4cccc(-c5c6ccccc6c(-c6ccc7oc8ccccc8c7c6)c6ccccc56)c4c3)ccc2c1. The molecule has 74 heavy (non-hydrogen) atoms. The van der Waals surface area contributed by atoms with E-state index >= 15 is 0 Å². The van der Waals surface area contributed by atoms with Crippen LogP contribution in [-0.4, -0.2) is 0 Å². The average molecular weight is 939 g/mol. The molecule has 2 heterocycles. The van der Waals surface area contributed by atoms with Gasteiger partial charge in [-0.1, -0.05) is 206 Å². The summed E-state index contributed by atoms with van der Waals surface area (Å²) in [6, 6.07) is 93.5. The van der Waals surface area contributed by atoms with E-state index in [2.05, 4.69) is 243 Å². The molecule has 0 amide bonds. The highest BCUT2D eigenvalue weighted by Crippen LogP contribution is 2.49. The van der Waals surface area contributed by atoms with Crippen molar-refractivity contribution >= 4 is 109 Å². The first-order valence-electron chi connectivity index (χ1n) is 25.5. The zero-order valence-corrected chi connectivity index (χ0v) is 40.1. The molecule has 16 aromatic rings. The zero-order chi connectivity index (χ0) is 48.4. The molecule has 2 aromatic heterocycles. The second-order valence-corrected chi connectivity index (χ2v) is 19.8. The molecule has 0 N–H and O–H groups in total. The Morgan fingerprint density at radius 2 is 0.473 bits per heavy atom. The van der Waals surface area contributed by atoms with Crippen molar-refractivity contribution in [3.63, 3.8) is 0 Å². The fraction of sp³-hybridized carbons (Fsp3) is 0. The number of rotatable bonds is 5. The lowest BCUT2D eigenvalue weighted by Gasteiger charge is -2.19. The van der Waals surface area contributed by atoms with Crippen molar-refractivity contribution in [3.8, 4) is 55.6 Å². The van der Waals surface area contributed by atoms with Gasteiger partial charge in [-0.25, -0.2) is 0 Å². The minimum absolute atomic E-state index is 0.903. The number of hydrogen-bond donors (Lipinski definition) is 0. The van der Waals surface area contributed by atoms with Crippen LogP contribution >= 0.6 is 0 Å². The fourth-order valence-corrected chi connectivity index (χ4v) is 12.6. The minimum Gasteiger partial charge on any atom is -0.456 e. The Hall–Kier alpha value is -9.76. The van der Waals surface area contributed by atoms with Crippen LogP contribution in [0.5, 0.6) is 0 Å². The second kappa shape index (κ2) is 15.9. The third-order valence-electron chi connectivity index (χ3n) is 15.8. The summed E-state index contributed by atoms with van der Waals surface area (Å²) >= 11 is 0. The minimum atomic E-state index is 0.903. The van der Waals surface area contributed by atoms with Gasteiger partial charge in [-0.3, -0.25) is 0 Å². The molecule has 0 bridgehead atoms. The molecule has 0 aliphatic rings. The van der Waals surface area contributed by atoms with Crippen molar-refractivity contribution < 1.29 is 8.83 Å². The van der Waals surface area contributed by atoms with Gasteiger partial charge in [0.15, 0.2) is 0 Å². The monoisotopic (exact) mass is 938 g/mol. The molecular formula is C72H42O2. The van der Waals surface area contributed by atoms with Gasteiger partial charge in [-0.05, 0) is 169 Å². The van der Waals surface area contributed by atoms with Crippen molar-refractivity contribution in [1.82, 2.24) is 0 Å². The maximum atomic E-state index is 6.29. The summed E-state index contributed by atoms with van der Waals surface area (Å²) in [6.07, 6.45) is 0. The average Bonchev–Trinajstić information content (AvgIpc) is 4.04. The van der Waals surface area contributed by atoms with Crippen LogP contribution in [0.4, 0.5) is 0 Å². The largest absolute Gasteiger partial charge is 0.456 e.